The molecule has 4 rings (SSSR count). The van der Waals surface area contributed by atoms with Gasteiger partial charge in [0.05, 0.1) is 12.9 Å². The van der Waals surface area contributed by atoms with E-state index in [1.54, 1.807) is 0 Å². The molecule has 2 N–H and O–H groups in total. The smallest absolute Gasteiger partial charge is 0.264 e. The van der Waals surface area contributed by atoms with Crippen LogP contribution in [0.3, 0.4) is 0 Å². The average molecular weight is 320 g/mol. The van der Waals surface area contributed by atoms with E-state index in [2.05, 4.69) is 34.7 Å². The van der Waals surface area contributed by atoms with Crippen LogP contribution in [0.2, 0.25) is 0 Å². The summed E-state index contributed by atoms with van der Waals surface area (Å²) in [7, 11) is -3.37. The zero-order valence-corrected chi connectivity index (χ0v) is 13.3. The Morgan fingerprint density at radius 2 is 2.23 bits per heavy atom. The summed E-state index contributed by atoms with van der Waals surface area (Å²) in [6.45, 7) is 1.08. The van der Waals surface area contributed by atoms with E-state index in [4.69, 9.17) is 4.18 Å². The van der Waals surface area contributed by atoms with Crippen molar-refractivity contribution in [2.24, 2.45) is 5.92 Å². The monoisotopic (exact) mass is 320 g/mol. The molecule has 1 saturated heterocycles. The average Bonchev–Trinajstić information content (AvgIpc) is 2.89. The van der Waals surface area contributed by atoms with Crippen LogP contribution in [0.1, 0.15) is 23.5 Å². The highest BCUT2D eigenvalue weighted by molar-refractivity contribution is 7.85. The lowest BCUT2D eigenvalue weighted by Crippen LogP contribution is -2.47. The highest BCUT2D eigenvalue weighted by Gasteiger charge is 2.36. The van der Waals surface area contributed by atoms with Crippen molar-refractivity contribution in [1.29, 1.82) is 0 Å². The summed E-state index contributed by atoms with van der Waals surface area (Å²) in [6.07, 6.45) is 5.22. The summed E-state index contributed by atoms with van der Waals surface area (Å²) >= 11 is 0. The first-order chi connectivity index (χ1) is 10.5. The molecule has 1 fully saturated rings. The van der Waals surface area contributed by atoms with Crippen molar-refractivity contribution in [3.8, 4) is 0 Å². The predicted molar refractivity (Wildman–Crippen MR) is 85.4 cm³/mol. The van der Waals surface area contributed by atoms with Crippen LogP contribution < -0.4 is 5.32 Å². The Morgan fingerprint density at radius 3 is 3.05 bits per heavy atom. The molecule has 0 spiro atoms. The van der Waals surface area contributed by atoms with Crippen molar-refractivity contribution in [2.75, 3.05) is 19.4 Å². The van der Waals surface area contributed by atoms with Gasteiger partial charge in [-0.05, 0) is 36.0 Å². The molecule has 0 saturated carbocycles. The second kappa shape index (κ2) is 5.08. The highest BCUT2D eigenvalue weighted by atomic mass is 32.2. The van der Waals surface area contributed by atoms with Crippen LogP contribution in [0.5, 0.6) is 0 Å². The van der Waals surface area contributed by atoms with Crippen LogP contribution >= 0.6 is 0 Å². The molecule has 0 amide bonds. The number of benzene rings is 1. The summed E-state index contributed by atoms with van der Waals surface area (Å²) in [6, 6.07) is 6.85. The Kier molecular flexibility index (Phi) is 3.29. The van der Waals surface area contributed by atoms with Gasteiger partial charge < -0.3 is 10.3 Å². The van der Waals surface area contributed by atoms with Gasteiger partial charge in [0.1, 0.15) is 0 Å². The maximum absolute atomic E-state index is 11.2. The maximum Gasteiger partial charge on any atom is 0.264 e. The minimum absolute atomic E-state index is 0.228. The molecule has 3 atom stereocenters. The Balaban J connectivity index is 1.61. The minimum Gasteiger partial charge on any atom is -0.361 e. The molecule has 118 valence electrons. The van der Waals surface area contributed by atoms with Gasteiger partial charge in [0.25, 0.3) is 10.1 Å². The van der Waals surface area contributed by atoms with Gasteiger partial charge in [0, 0.05) is 35.6 Å². The number of H-pyrrole nitrogens is 1. The van der Waals surface area contributed by atoms with Gasteiger partial charge in [-0.15, -0.1) is 0 Å². The van der Waals surface area contributed by atoms with Crippen LogP contribution in [0.4, 0.5) is 0 Å². The third-order valence-corrected chi connectivity index (χ3v) is 5.48. The molecule has 1 aromatic heterocycles. The Hall–Kier alpha value is -1.37. The van der Waals surface area contributed by atoms with Crippen LogP contribution in [0, 0.1) is 5.92 Å². The van der Waals surface area contributed by atoms with Gasteiger partial charge in [0.2, 0.25) is 0 Å². The lowest BCUT2D eigenvalue weighted by atomic mass is 9.73. The topological polar surface area (TPSA) is 71.2 Å². The standard InChI is InChI=1S/C16H20N2O3S/c1-22(19,20)21-9-10-5-13-12-3-2-4-14-16(12)11(8-18-14)6-15(13)17-7-10/h2-4,8,10,13,15,17-18H,5-7,9H2,1H3/t10?,13-,15-/m1/s1. The second-order valence-electron chi connectivity index (χ2n) is 6.50. The number of fused-ring (bicyclic) bond motifs is 2. The SMILES string of the molecule is CS(=O)(=O)OCC1CN[C@@H]2Cc3c[nH]c4cccc(c34)[C@H]2C1. The first kappa shape index (κ1) is 14.2. The predicted octanol–water partition coefficient (Wildman–Crippen LogP) is 1.76. The molecule has 1 aliphatic heterocycles. The third-order valence-electron chi connectivity index (χ3n) is 4.92. The Morgan fingerprint density at radius 1 is 1.36 bits per heavy atom. The Bertz CT molecular complexity index is 812. The van der Waals surface area contributed by atoms with Crippen molar-refractivity contribution in [3.63, 3.8) is 0 Å². The van der Waals surface area contributed by atoms with E-state index < -0.39 is 10.1 Å². The fourth-order valence-electron chi connectivity index (χ4n) is 3.96. The van der Waals surface area contributed by atoms with Crippen molar-refractivity contribution in [3.05, 3.63) is 35.5 Å². The van der Waals surface area contributed by atoms with Crippen molar-refractivity contribution >= 4 is 21.0 Å². The number of rotatable bonds is 3. The van der Waals surface area contributed by atoms with Crippen molar-refractivity contribution < 1.29 is 12.6 Å². The maximum atomic E-state index is 11.2. The quantitative estimate of drug-likeness (QED) is 0.846. The number of aromatic nitrogens is 1. The van der Waals surface area contributed by atoms with E-state index >= 15 is 0 Å². The molecule has 0 bridgehead atoms. The molecule has 2 heterocycles. The first-order valence-corrected chi connectivity index (χ1v) is 9.49. The van der Waals surface area contributed by atoms with Gasteiger partial charge in [-0.1, -0.05) is 12.1 Å². The first-order valence-electron chi connectivity index (χ1n) is 7.68. The lowest BCUT2D eigenvalue weighted by Gasteiger charge is -2.40. The number of aromatic amines is 1. The van der Waals surface area contributed by atoms with Gasteiger partial charge in [-0.25, -0.2) is 0 Å². The molecule has 1 aliphatic carbocycles. The van der Waals surface area contributed by atoms with E-state index in [0.29, 0.717) is 12.0 Å². The number of hydrogen-bond donors (Lipinski definition) is 2. The zero-order valence-electron chi connectivity index (χ0n) is 12.5. The van der Waals surface area contributed by atoms with Gasteiger partial charge in [-0.2, -0.15) is 8.42 Å². The van der Waals surface area contributed by atoms with Gasteiger partial charge in [0.15, 0.2) is 0 Å². The number of piperidine rings is 1. The van der Waals surface area contributed by atoms with Crippen LogP contribution in [-0.4, -0.2) is 38.9 Å². The van der Waals surface area contributed by atoms with E-state index in [1.807, 2.05) is 0 Å². The number of hydrogen-bond acceptors (Lipinski definition) is 4. The third kappa shape index (κ3) is 2.45. The molecular formula is C16H20N2O3S. The molecule has 22 heavy (non-hydrogen) atoms. The van der Waals surface area contributed by atoms with Crippen molar-refractivity contribution in [2.45, 2.75) is 24.8 Å². The van der Waals surface area contributed by atoms with E-state index in [-0.39, 0.29) is 12.5 Å². The van der Waals surface area contributed by atoms with E-state index in [9.17, 15) is 8.42 Å². The number of nitrogens with one attached hydrogen (secondary N) is 2. The highest BCUT2D eigenvalue weighted by Crippen LogP contribution is 2.41. The summed E-state index contributed by atoms with van der Waals surface area (Å²) in [5, 5.41) is 4.95. The fourth-order valence-corrected chi connectivity index (χ4v) is 4.40. The van der Waals surface area contributed by atoms with E-state index in [1.165, 1.54) is 22.0 Å². The Labute approximate surface area is 130 Å². The molecule has 2 aliphatic rings. The summed E-state index contributed by atoms with van der Waals surface area (Å²) in [5.74, 6) is 0.653. The van der Waals surface area contributed by atoms with Crippen LogP contribution in [0.25, 0.3) is 10.9 Å². The van der Waals surface area contributed by atoms with Crippen LogP contribution in [-0.2, 0) is 20.7 Å². The summed E-state index contributed by atoms with van der Waals surface area (Å²) < 4.78 is 27.4. The summed E-state index contributed by atoms with van der Waals surface area (Å²) in [5.41, 5.74) is 3.95. The molecule has 0 radical (unpaired) electrons. The molecule has 6 heteroatoms. The normalized spacial score (nSPS) is 27.8. The van der Waals surface area contributed by atoms with Gasteiger partial charge >= 0.3 is 0 Å². The zero-order chi connectivity index (χ0) is 15.3. The van der Waals surface area contributed by atoms with Crippen LogP contribution in [0.15, 0.2) is 24.4 Å². The van der Waals surface area contributed by atoms with Crippen molar-refractivity contribution in [1.82, 2.24) is 10.3 Å². The molecular weight excluding hydrogens is 300 g/mol. The summed E-state index contributed by atoms with van der Waals surface area (Å²) in [4.78, 5) is 3.35. The lowest BCUT2D eigenvalue weighted by molar-refractivity contribution is 0.188. The molecule has 1 unspecified atom stereocenters. The largest absolute Gasteiger partial charge is 0.361 e. The molecule has 1 aromatic carbocycles. The second-order valence-corrected chi connectivity index (χ2v) is 8.14. The minimum atomic E-state index is -3.37. The molecule has 5 nitrogen and oxygen atoms in total. The molecule has 2 aromatic rings. The van der Waals surface area contributed by atoms with E-state index in [0.717, 1.165) is 25.6 Å². The van der Waals surface area contributed by atoms with Gasteiger partial charge in [-0.3, -0.25) is 4.18 Å². The fraction of sp³-hybridized carbons (Fsp3) is 0.500.